The molecule has 1 aromatic carbocycles. The monoisotopic (exact) mass is 232 g/mol. The lowest BCUT2D eigenvalue weighted by atomic mass is 10.2. The molecule has 1 aromatic heterocycles. The number of nitro groups is 1. The van der Waals surface area contributed by atoms with Gasteiger partial charge in [-0.2, -0.15) is 5.10 Å². The molecule has 0 aliphatic carbocycles. The van der Waals surface area contributed by atoms with E-state index < -0.39 is 4.92 Å². The summed E-state index contributed by atoms with van der Waals surface area (Å²) in [4.78, 5) is 10.3. The largest absolute Gasteiger partial charge is 0.382 e. The van der Waals surface area contributed by atoms with E-state index in [0.717, 1.165) is 11.3 Å². The summed E-state index contributed by atoms with van der Waals surface area (Å²) in [7, 11) is 0. The molecular weight excluding hydrogens is 220 g/mol. The normalized spacial score (nSPS) is 10.5. The summed E-state index contributed by atoms with van der Waals surface area (Å²) in [6.07, 6.45) is 0. The second kappa shape index (κ2) is 3.89. The van der Waals surface area contributed by atoms with Crippen LogP contribution in [0.15, 0.2) is 24.3 Å². The van der Waals surface area contributed by atoms with Gasteiger partial charge in [0, 0.05) is 23.9 Å². The topological polar surface area (TPSA) is 87.0 Å². The van der Waals surface area contributed by atoms with Crippen molar-refractivity contribution in [2.45, 2.75) is 13.8 Å². The highest BCUT2D eigenvalue weighted by Gasteiger charge is 2.12. The van der Waals surface area contributed by atoms with Crippen LogP contribution in [0, 0.1) is 24.0 Å². The number of benzene rings is 1. The summed E-state index contributed by atoms with van der Waals surface area (Å²) in [5.74, 6) is 0.397. The first-order chi connectivity index (χ1) is 7.99. The van der Waals surface area contributed by atoms with Crippen LogP contribution in [0.2, 0.25) is 0 Å². The Bertz CT molecular complexity index is 589. The first kappa shape index (κ1) is 11.1. The summed E-state index contributed by atoms with van der Waals surface area (Å²) >= 11 is 0. The van der Waals surface area contributed by atoms with Crippen LogP contribution in [0.4, 0.5) is 11.5 Å². The number of nitrogen functional groups attached to an aromatic ring is 1. The summed E-state index contributed by atoms with van der Waals surface area (Å²) < 4.78 is 1.61. The lowest BCUT2D eigenvalue weighted by Crippen LogP contribution is -2.03. The van der Waals surface area contributed by atoms with Crippen molar-refractivity contribution in [1.82, 2.24) is 9.78 Å². The molecule has 0 saturated carbocycles. The molecule has 2 rings (SSSR count). The Kier molecular flexibility index (Phi) is 2.55. The van der Waals surface area contributed by atoms with Crippen LogP contribution in [-0.4, -0.2) is 14.7 Å². The van der Waals surface area contributed by atoms with E-state index in [1.807, 2.05) is 13.8 Å². The first-order valence-corrected chi connectivity index (χ1v) is 5.06. The molecule has 0 fully saturated rings. The Morgan fingerprint density at radius 3 is 2.59 bits per heavy atom. The average Bonchev–Trinajstić information content (AvgIpc) is 2.58. The van der Waals surface area contributed by atoms with Gasteiger partial charge in [0.2, 0.25) is 0 Å². The van der Waals surface area contributed by atoms with E-state index >= 15 is 0 Å². The minimum absolute atomic E-state index is 0.0408. The Labute approximate surface area is 97.8 Å². The zero-order chi connectivity index (χ0) is 12.6. The van der Waals surface area contributed by atoms with Crippen molar-refractivity contribution >= 4 is 11.5 Å². The number of nitro benzene ring substituents is 1. The summed E-state index contributed by atoms with van der Waals surface area (Å²) in [6.45, 7) is 3.72. The Morgan fingerprint density at radius 1 is 1.35 bits per heavy atom. The number of anilines is 1. The van der Waals surface area contributed by atoms with Gasteiger partial charge in [-0.05, 0) is 19.4 Å². The van der Waals surface area contributed by atoms with Crippen LogP contribution >= 0.6 is 0 Å². The SMILES string of the molecule is Cc1ccc([N+](=O)[O-])cc1-n1nc(N)cc1C. The highest BCUT2D eigenvalue weighted by molar-refractivity contribution is 5.50. The molecule has 2 N–H and O–H groups in total. The maximum atomic E-state index is 10.7. The second-order valence-corrected chi connectivity index (χ2v) is 3.85. The maximum absolute atomic E-state index is 10.7. The summed E-state index contributed by atoms with van der Waals surface area (Å²) in [6, 6.07) is 6.39. The molecule has 0 aliphatic rings. The summed E-state index contributed by atoms with van der Waals surface area (Å²) in [5, 5.41) is 14.9. The van der Waals surface area contributed by atoms with Crippen LogP contribution in [-0.2, 0) is 0 Å². The molecule has 0 spiro atoms. The van der Waals surface area contributed by atoms with Crippen LogP contribution in [0.1, 0.15) is 11.3 Å². The van der Waals surface area contributed by atoms with Crippen molar-refractivity contribution in [1.29, 1.82) is 0 Å². The standard InChI is InChI=1S/C11H12N4O2/c1-7-3-4-9(15(16)17)6-10(7)14-8(2)5-11(12)13-14/h3-6H,1-2H3,(H2,12,13). The van der Waals surface area contributed by atoms with Crippen LogP contribution in [0.5, 0.6) is 0 Å². The molecule has 0 bridgehead atoms. The van der Waals surface area contributed by atoms with Gasteiger partial charge in [-0.15, -0.1) is 0 Å². The fourth-order valence-corrected chi connectivity index (χ4v) is 1.68. The zero-order valence-electron chi connectivity index (χ0n) is 9.54. The average molecular weight is 232 g/mol. The molecule has 1 heterocycles. The number of aryl methyl sites for hydroxylation is 2. The fraction of sp³-hybridized carbons (Fsp3) is 0.182. The lowest BCUT2D eigenvalue weighted by Gasteiger charge is -2.07. The number of non-ortho nitro benzene ring substituents is 1. The Balaban J connectivity index is 2.62. The predicted molar refractivity (Wildman–Crippen MR) is 64.1 cm³/mol. The van der Waals surface area contributed by atoms with E-state index in [9.17, 15) is 10.1 Å². The number of nitrogens with two attached hydrogens (primary N) is 1. The molecule has 0 atom stereocenters. The smallest absolute Gasteiger partial charge is 0.271 e. The molecule has 0 saturated heterocycles. The van der Waals surface area contributed by atoms with Gasteiger partial charge < -0.3 is 5.73 Å². The van der Waals surface area contributed by atoms with Crippen LogP contribution < -0.4 is 5.73 Å². The predicted octanol–water partition coefficient (Wildman–Crippen LogP) is 1.98. The molecule has 88 valence electrons. The van der Waals surface area contributed by atoms with Crippen molar-refractivity contribution in [3.05, 3.63) is 45.6 Å². The highest BCUT2D eigenvalue weighted by atomic mass is 16.6. The van der Waals surface area contributed by atoms with E-state index in [2.05, 4.69) is 5.10 Å². The van der Waals surface area contributed by atoms with Crippen molar-refractivity contribution in [2.24, 2.45) is 0 Å². The number of hydrogen-bond acceptors (Lipinski definition) is 4. The first-order valence-electron chi connectivity index (χ1n) is 5.06. The van der Waals surface area contributed by atoms with E-state index in [4.69, 9.17) is 5.73 Å². The van der Waals surface area contributed by atoms with Crippen LogP contribution in [0.3, 0.4) is 0 Å². The van der Waals surface area contributed by atoms with E-state index in [-0.39, 0.29) is 5.69 Å². The fourth-order valence-electron chi connectivity index (χ4n) is 1.68. The molecule has 2 aromatic rings. The molecule has 17 heavy (non-hydrogen) atoms. The minimum atomic E-state index is -0.425. The van der Waals surface area contributed by atoms with Crippen molar-refractivity contribution in [3.8, 4) is 5.69 Å². The van der Waals surface area contributed by atoms with Crippen LogP contribution in [0.25, 0.3) is 5.69 Å². The van der Waals surface area contributed by atoms with Gasteiger partial charge in [-0.3, -0.25) is 10.1 Å². The molecule has 0 amide bonds. The number of nitrogens with zero attached hydrogens (tertiary/aromatic N) is 3. The van der Waals surface area contributed by atoms with Crippen molar-refractivity contribution in [3.63, 3.8) is 0 Å². The minimum Gasteiger partial charge on any atom is -0.382 e. The quantitative estimate of drug-likeness (QED) is 0.633. The van der Waals surface area contributed by atoms with Gasteiger partial charge in [0.1, 0.15) is 5.82 Å². The molecule has 0 unspecified atom stereocenters. The highest BCUT2D eigenvalue weighted by Crippen LogP contribution is 2.22. The number of aromatic nitrogens is 2. The van der Waals surface area contributed by atoms with Gasteiger partial charge in [0.15, 0.2) is 0 Å². The molecule has 0 aliphatic heterocycles. The second-order valence-electron chi connectivity index (χ2n) is 3.85. The molecular formula is C11H12N4O2. The van der Waals surface area contributed by atoms with Gasteiger partial charge in [-0.25, -0.2) is 4.68 Å². The Hall–Kier alpha value is -2.37. The van der Waals surface area contributed by atoms with Gasteiger partial charge in [0.25, 0.3) is 5.69 Å². The summed E-state index contributed by atoms with van der Waals surface area (Å²) in [5.41, 5.74) is 8.06. The molecule has 0 radical (unpaired) electrons. The van der Waals surface area contributed by atoms with Gasteiger partial charge >= 0.3 is 0 Å². The zero-order valence-corrected chi connectivity index (χ0v) is 9.54. The lowest BCUT2D eigenvalue weighted by molar-refractivity contribution is -0.384. The third kappa shape index (κ3) is 1.96. The number of hydrogen-bond donors (Lipinski definition) is 1. The van der Waals surface area contributed by atoms with Gasteiger partial charge in [-0.1, -0.05) is 6.07 Å². The molecule has 6 nitrogen and oxygen atoms in total. The maximum Gasteiger partial charge on any atom is 0.271 e. The third-order valence-electron chi connectivity index (χ3n) is 2.54. The van der Waals surface area contributed by atoms with Crippen molar-refractivity contribution in [2.75, 3.05) is 5.73 Å². The van der Waals surface area contributed by atoms with E-state index in [1.54, 1.807) is 16.8 Å². The Morgan fingerprint density at radius 2 is 2.06 bits per heavy atom. The van der Waals surface area contributed by atoms with Gasteiger partial charge in [0.05, 0.1) is 10.6 Å². The number of rotatable bonds is 2. The van der Waals surface area contributed by atoms with Crippen molar-refractivity contribution < 1.29 is 4.92 Å². The molecule has 6 heteroatoms. The van der Waals surface area contributed by atoms with E-state index in [1.165, 1.54) is 12.1 Å². The third-order valence-corrected chi connectivity index (χ3v) is 2.54. The van der Waals surface area contributed by atoms with E-state index in [0.29, 0.717) is 11.5 Å².